The molecule has 1 saturated heterocycles. The Labute approximate surface area is 153 Å². The van der Waals surface area contributed by atoms with Gasteiger partial charge in [0.05, 0.1) is 11.9 Å². The summed E-state index contributed by atoms with van der Waals surface area (Å²) in [5.74, 6) is 0. The van der Waals surface area contributed by atoms with Gasteiger partial charge >= 0.3 is 0 Å². The van der Waals surface area contributed by atoms with E-state index in [1.54, 1.807) is 6.20 Å². The molecule has 0 radical (unpaired) electrons. The van der Waals surface area contributed by atoms with Crippen LogP contribution in [0.15, 0.2) is 41.3 Å². The topological polar surface area (TPSA) is 55.5 Å². The van der Waals surface area contributed by atoms with Gasteiger partial charge in [-0.3, -0.25) is 9.69 Å². The third kappa shape index (κ3) is 4.81. The van der Waals surface area contributed by atoms with Crippen LogP contribution in [0.2, 0.25) is 5.02 Å². The molecule has 0 saturated carbocycles. The SMILES string of the molecule is CN(CCN1CCN(c2cn[nH]c(=O)c2Cl)CC1)Cc1ccccc1. The van der Waals surface area contributed by atoms with E-state index in [4.69, 9.17) is 11.6 Å². The van der Waals surface area contributed by atoms with Crippen LogP contribution in [0, 0.1) is 0 Å². The molecule has 2 heterocycles. The predicted molar refractivity (Wildman–Crippen MR) is 101 cm³/mol. The first kappa shape index (κ1) is 17.9. The Balaban J connectivity index is 1.45. The van der Waals surface area contributed by atoms with Gasteiger partial charge in [-0.05, 0) is 12.6 Å². The van der Waals surface area contributed by atoms with Gasteiger partial charge in [0.25, 0.3) is 5.56 Å². The van der Waals surface area contributed by atoms with Crippen LogP contribution in [-0.2, 0) is 6.54 Å². The van der Waals surface area contributed by atoms with Gasteiger partial charge in [-0.2, -0.15) is 5.10 Å². The lowest BCUT2D eigenvalue weighted by atomic mass is 10.2. The zero-order chi connectivity index (χ0) is 17.6. The number of hydrogen-bond acceptors (Lipinski definition) is 5. The number of likely N-dealkylation sites (N-methyl/N-ethyl adjacent to an activating group) is 1. The Morgan fingerprint density at radius 3 is 2.64 bits per heavy atom. The summed E-state index contributed by atoms with van der Waals surface area (Å²) in [4.78, 5) is 18.5. The highest BCUT2D eigenvalue weighted by atomic mass is 35.5. The van der Waals surface area contributed by atoms with E-state index in [0.29, 0.717) is 0 Å². The van der Waals surface area contributed by atoms with Gasteiger partial charge in [-0.1, -0.05) is 41.9 Å². The van der Waals surface area contributed by atoms with E-state index < -0.39 is 0 Å². The van der Waals surface area contributed by atoms with Crippen molar-refractivity contribution >= 4 is 17.3 Å². The Morgan fingerprint density at radius 2 is 1.92 bits per heavy atom. The number of anilines is 1. The molecule has 1 N–H and O–H groups in total. The summed E-state index contributed by atoms with van der Waals surface area (Å²) < 4.78 is 0. The first-order chi connectivity index (χ1) is 12.1. The number of halogens is 1. The quantitative estimate of drug-likeness (QED) is 0.848. The third-order valence-corrected chi connectivity index (χ3v) is 4.95. The van der Waals surface area contributed by atoms with Gasteiger partial charge in [-0.15, -0.1) is 0 Å². The van der Waals surface area contributed by atoms with Gasteiger partial charge in [0.1, 0.15) is 5.02 Å². The summed E-state index contributed by atoms with van der Waals surface area (Å²) in [7, 11) is 2.16. The van der Waals surface area contributed by atoms with Crippen molar-refractivity contribution in [3.63, 3.8) is 0 Å². The second kappa shape index (κ2) is 8.47. The van der Waals surface area contributed by atoms with Crippen LogP contribution in [0.25, 0.3) is 0 Å². The van der Waals surface area contributed by atoms with Crippen molar-refractivity contribution in [3.05, 3.63) is 57.5 Å². The number of nitrogens with zero attached hydrogens (tertiary/aromatic N) is 4. The van der Waals surface area contributed by atoms with Crippen molar-refractivity contribution in [3.8, 4) is 0 Å². The fourth-order valence-electron chi connectivity index (χ4n) is 3.09. The molecule has 3 rings (SSSR count). The van der Waals surface area contributed by atoms with Crippen LogP contribution in [0.1, 0.15) is 5.56 Å². The first-order valence-corrected chi connectivity index (χ1v) is 8.94. The zero-order valence-corrected chi connectivity index (χ0v) is 15.2. The van der Waals surface area contributed by atoms with E-state index in [9.17, 15) is 4.79 Å². The van der Waals surface area contributed by atoms with Gasteiger partial charge in [0, 0.05) is 45.8 Å². The van der Waals surface area contributed by atoms with Crippen LogP contribution in [0.3, 0.4) is 0 Å². The van der Waals surface area contributed by atoms with Crippen LogP contribution in [-0.4, -0.2) is 66.3 Å². The van der Waals surface area contributed by atoms with Crippen molar-refractivity contribution in [1.82, 2.24) is 20.0 Å². The summed E-state index contributed by atoms with van der Waals surface area (Å²) in [6, 6.07) is 10.5. The average Bonchev–Trinajstić information content (AvgIpc) is 2.64. The molecular weight excluding hydrogens is 338 g/mol. The standard InChI is InChI=1S/C18H24ClN5O/c1-22(14-15-5-3-2-4-6-15)7-8-23-9-11-24(12-10-23)16-13-20-21-18(25)17(16)19/h2-6,13H,7-12,14H2,1H3,(H,21,25). The monoisotopic (exact) mass is 361 g/mol. The number of aromatic amines is 1. The molecule has 1 aromatic heterocycles. The average molecular weight is 362 g/mol. The molecule has 1 aliphatic heterocycles. The number of benzene rings is 1. The van der Waals surface area contributed by atoms with Crippen LogP contribution >= 0.6 is 11.6 Å². The number of H-pyrrole nitrogens is 1. The molecule has 1 aromatic carbocycles. The zero-order valence-electron chi connectivity index (χ0n) is 14.5. The summed E-state index contributed by atoms with van der Waals surface area (Å²) >= 11 is 6.10. The molecule has 134 valence electrons. The van der Waals surface area contributed by atoms with E-state index >= 15 is 0 Å². The fraction of sp³-hybridized carbons (Fsp3) is 0.444. The number of rotatable bonds is 6. The molecular formula is C18H24ClN5O. The van der Waals surface area contributed by atoms with E-state index in [-0.39, 0.29) is 10.6 Å². The number of nitrogens with one attached hydrogen (secondary N) is 1. The lowest BCUT2D eigenvalue weighted by Gasteiger charge is -2.36. The maximum atomic E-state index is 11.6. The minimum atomic E-state index is -0.330. The second-order valence-corrected chi connectivity index (χ2v) is 6.83. The smallest absolute Gasteiger partial charge is 0.285 e. The number of hydrogen-bond donors (Lipinski definition) is 1. The van der Waals surface area contributed by atoms with Gasteiger partial charge in [0.15, 0.2) is 0 Å². The number of piperazine rings is 1. The van der Waals surface area contributed by atoms with Crippen LogP contribution in [0.5, 0.6) is 0 Å². The van der Waals surface area contributed by atoms with E-state index in [1.165, 1.54) is 5.56 Å². The highest BCUT2D eigenvalue weighted by molar-refractivity contribution is 6.32. The molecule has 0 spiro atoms. The molecule has 0 unspecified atom stereocenters. The molecule has 1 fully saturated rings. The number of aromatic nitrogens is 2. The fourth-order valence-corrected chi connectivity index (χ4v) is 3.30. The Kier molecular flexibility index (Phi) is 6.07. The molecule has 0 amide bonds. The van der Waals surface area contributed by atoms with Crippen LogP contribution < -0.4 is 10.5 Å². The summed E-state index contributed by atoms with van der Waals surface area (Å²) in [6.07, 6.45) is 1.63. The molecule has 1 aliphatic rings. The van der Waals surface area contributed by atoms with Crippen molar-refractivity contribution in [2.75, 3.05) is 51.2 Å². The highest BCUT2D eigenvalue weighted by Crippen LogP contribution is 2.21. The highest BCUT2D eigenvalue weighted by Gasteiger charge is 2.20. The minimum absolute atomic E-state index is 0.228. The summed E-state index contributed by atoms with van der Waals surface area (Å²) in [5.41, 5.74) is 1.74. The van der Waals surface area contributed by atoms with Crippen molar-refractivity contribution < 1.29 is 0 Å². The molecule has 6 nitrogen and oxygen atoms in total. The Morgan fingerprint density at radius 1 is 1.20 bits per heavy atom. The molecule has 2 aromatic rings. The molecule has 0 atom stereocenters. The van der Waals surface area contributed by atoms with Crippen molar-refractivity contribution in [2.45, 2.75) is 6.54 Å². The largest absolute Gasteiger partial charge is 0.366 e. The molecule has 7 heteroatoms. The maximum absolute atomic E-state index is 11.6. The third-order valence-electron chi connectivity index (χ3n) is 4.58. The Bertz CT molecular complexity index is 728. The molecule has 25 heavy (non-hydrogen) atoms. The van der Waals surface area contributed by atoms with E-state index in [2.05, 4.69) is 56.2 Å². The second-order valence-electron chi connectivity index (χ2n) is 6.45. The minimum Gasteiger partial charge on any atom is -0.366 e. The lowest BCUT2D eigenvalue weighted by Crippen LogP contribution is -2.48. The van der Waals surface area contributed by atoms with E-state index in [1.807, 2.05) is 6.07 Å². The van der Waals surface area contributed by atoms with Gasteiger partial charge < -0.3 is 9.80 Å². The molecule has 0 bridgehead atoms. The normalized spacial score (nSPS) is 15.7. The van der Waals surface area contributed by atoms with E-state index in [0.717, 1.165) is 51.5 Å². The maximum Gasteiger partial charge on any atom is 0.285 e. The predicted octanol–water partition coefficient (Wildman–Crippen LogP) is 1.68. The van der Waals surface area contributed by atoms with Gasteiger partial charge in [0.2, 0.25) is 0 Å². The molecule has 0 aliphatic carbocycles. The van der Waals surface area contributed by atoms with Crippen molar-refractivity contribution in [1.29, 1.82) is 0 Å². The summed E-state index contributed by atoms with van der Waals surface area (Å²) in [6.45, 7) is 6.67. The lowest BCUT2D eigenvalue weighted by molar-refractivity contribution is 0.212. The first-order valence-electron chi connectivity index (χ1n) is 8.56. The summed E-state index contributed by atoms with van der Waals surface area (Å²) in [5, 5.41) is 6.44. The van der Waals surface area contributed by atoms with Crippen LogP contribution in [0.4, 0.5) is 5.69 Å². The Hall–Kier alpha value is -1.89. The van der Waals surface area contributed by atoms with Gasteiger partial charge in [-0.25, -0.2) is 5.10 Å². The van der Waals surface area contributed by atoms with Crippen molar-refractivity contribution in [2.24, 2.45) is 0 Å².